The number of hydrogen-bond acceptors (Lipinski definition) is 7. The number of para-hydroxylation sites is 2. The highest BCUT2D eigenvalue weighted by molar-refractivity contribution is 8.18. The van der Waals surface area contributed by atoms with E-state index in [4.69, 9.17) is 9.47 Å². The molecule has 1 fully saturated rings. The van der Waals surface area contributed by atoms with Crippen molar-refractivity contribution in [3.05, 3.63) is 98.9 Å². The van der Waals surface area contributed by atoms with Crippen molar-refractivity contribution in [3.63, 3.8) is 0 Å². The lowest BCUT2D eigenvalue weighted by molar-refractivity contribution is -0.384. The van der Waals surface area contributed by atoms with Crippen molar-refractivity contribution in [2.45, 2.75) is 6.61 Å². The van der Waals surface area contributed by atoms with Gasteiger partial charge in [0.15, 0.2) is 16.7 Å². The Bertz CT molecular complexity index is 1240. The molecule has 3 aromatic rings. The normalized spacial score (nSPS) is 15.5. The van der Waals surface area contributed by atoms with Crippen LogP contribution >= 0.6 is 11.8 Å². The standard InChI is InChI=1S/C24H19N3O5S/c1-31-20-9-5-6-17(22(20)32-15-16-10-12-19(13-11-16)27(29)30)14-21-23(28)26-24(33-21)25-18-7-3-2-4-8-18/h2-14H,15H2,1H3,(H,25,26,28). The van der Waals surface area contributed by atoms with Gasteiger partial charge in [0, 0.05) is 17.7 Å². The van der Waals surface area contributed by atoms with Crippen LogP contribution < -0.4 is 14.8 Å². The van der Waals surface area contributed by atoms with Crippen LogP contribution in [0.1, 0.15) is 11.1 Å². The Morgan fingerprint density at radius 3 is 2.52 bits per heavy atom. The van der Waals surface area contributed by atoms with Crippen LogP contribution in [0.2, 0.25) is 0 Å². The average Bonchev–Trinajstić information content (AvgIpc) is 3.17. The number of amidine groups is 1. The van der Waals surface area contributed by atoms with E-state index in [1.165, 1.54) is 31.0 Å². The number of nitro groups is 1. The van der Waals surface area contributed by atoms with Crippen molar-refractivity contribution in [2.24, 2.45) is 4.99 Å². The number of non-ortho nitro benzene ring substituents is 1. The third kappa shape index (κ3) is 5.39. The van der Waals surface area contributed by atoms with Gasteiger partial charge in [0.05, 0.1) is 22.6 Å². The quantitative estimate of drug-likeness (QED) is 0.299. The monoisotopic (exact) mass is 461 g/mol. The Morgan fingerprint density at radius 2 is 1.82 bits per heavy atom. The molecule has 0 unspecified atom stereocenters. The van der Waals surface area contributed by atoms with Gasteiger partial charge < -0.3 is 14.8 Å². The van der Waals surface area contributed by atoms with Crippen LogP contribution in [-0.2, 0) is 11.4 Å². The molecular weight excluding hydrogens is 442 g/mol. The highest BCUT2D eigenvalue weighted by Gasteiger charge is 2.24. The van der Waals surface area contributed by atoms with E-state index in [2.05, 4.69) is 10.3 Å². The van der Waals surface area contributed by atoms with E-state index >= 15 is 0 Å². The molecule has 0 radical (unpaired) electrons. The molecule has 0 spiro atoms. The molecule has 0 saturated carbocycles. The summed E-state index contributed by atoms with van der Waals surface area (Å²) in [5.74, 6) is 0.722. The zero-order valence-corrected chi connectivity index (χ0v) is 18.4. The van der Waals surface area contributed by atoms with E-state index in [1.54, 1.807) is 30.3 Å². The summed E-state index contributed by atoms with van der Waals surface area (Å²) in [4.78, 5) is 27.8. The molecular formula is C24H19N3O5S. The minimum absolute atomic E-state index is 0.0127. The van der Waals surface area contributed by atoms with Crippen LogP contribution in [0.5, 0.6) is 11.5 Å². The zero-order valence-electron chi connectivity index (χ0n) is 17.6. The second-order valence-corrected chi connectivity index (χ2v) is 7.94. The Labute approximate surface area is 194 Å². The lowest BCUT2D eigenvalue weighted by Crippen LogP contribution is -2.19. The predicted molar refractivity (Wildman–Crippen MR) is 128 cm³/mol. The van der Waals surface area contributed by atoms with E-state index in [1.807, 2.05) is 36.4 Å². The minimum Gasteiger partial charge on any atom is -0.493 e. The van der Waals surface area contributed by atoms with E-state index in [0.717, 1.165) is 11.3 Å². The van der Waals surface area contributed by atoms with Crippen LogP contribution in [0.4, 0.5) is 11.4 Å². The minimum atomic E-state index is -0.450. The van der Waals surface area contributed by atoms with Gasteiger partial charge in [-0.25, -0.2) is 4.99 Å². The van der Waals surface area contributed by atoms with Gasteiger partial charge in [-0.05, 0) is 53.7 Å². The third-order valence-electron chi connectivity index (χ3n) is 4.68. The number of carbonyl (C=O) groups excluding carboxylic acids is 1. The number of nitrogens with zero attached hydrogens (tertiary/aromatic N) is 2. The van der Waals surface area contributed by atoms with E-state index in [0.29, 0.717) is 27.1 Å². The molecule has 1 aliphatic heterocycles. The van der Waals surface area contributed by atoms with Gasteiger partial charge in [0.1, 0.15) is 6.61 Å². The first-order valence-electron chi connectivity index (χ1n) is 9.91. The Hall–Kier alpha value is -4.11. The number of nitro benzene ring substituents is 1. The molecule has 1 heterocycles. The molecule has 0 bridgehead atoms. The summed E-state index contributed by atoms with van der Waals surface area (Å²) >= 11 is 1.24. The van der Waals surface area contributed by atoms with Gasteiger partial charge in [-0.2, -0.15) is 0 Å². The maximum atomic E-state index is 12.5. The highest BCUT2D eigenvalue weighted by atomic mass is 32.2. The SMILES string of the molecule is COc1cccc(C=C2SC(=Nc3ccccc3)NC2=O)c1OCc1ccc([N+](=O)[O-])cc1. The largest absolute Gasteiger partial charge is 0.493 e. The predicted octanol–water partition coefficient (Wildman–Crippen LogP) is 5.07. The number of thioether (sulfide) groups is 1. The van der Waals surface area contributed by atoms with Crippen molar-refractivity contribution >= 4 is 40.3 Å². The number of rotatable bonds is 7. The van der Waals surface area contributed by atoms with Crippen LogP contribution in [0.15, 0.2) is 82.7 Å². The maximum absolute atomic E-state index is 12.5. The van der Waals surface area contributed by atoms with Crippen molar-refractivity contribution in [1.82, 2.24) is 5.32 Å². The maximum Gasteiger partial charge on any atom is 0.269 e. The molecule has 1 amide bonds. The van der Waals surface area contributed by atoms with Gasteiger partial charge in [0.2, 0.25) is 0 Å². The number of ether oxygens (including phenoxy) is 2. The first-order chi connectivity index (χ1) is 16.0. The Kier molecular flexibility index (Phi) is 6.70. The lowest BCUT2D eigenvalue weighted by atomic mass is 10.1. The van der Waals surface area contributed by atoms with Crippen LogP contribution in [0.25, 0.3) is 6.08 Å². The van der Waals surface area contributed by atoms with Gasteiger partial charge in [-0.1, -0.05) is 30.3 Å². The summed E-state index contributed by atoms with van der Waals surface area (Å²) in [7, 11) is 1.53. The molecule has 0 aliphatic carbocycles. The van der Waals surface area contributed by atoms with Crippen molar-refractivity contribution in [2.75, 3.05) is 7.11 Å². The van der Waals surface area contributed by atoms with Crippen molar-refractivity contribution < 1.29 is 19.2 Å². The molecule has 0 atom stereocenters. The number of benzene rings is 3. The average molecular weight is 461 g/mol. The van der Waals surface area contributed by atoms with Crippen LogP contribution in [0, 0.1) is 10.1 Å². The molecule has 1 N–H and O–H groups in total. The summed E-state index contributed by atoms with van der Waals surface area (Å²) in [6, 6.07) is 20.9. The zero-order chi connectivity index (χ0) is 23.2. The number of aliphatic imine (C=N–C) groups is 1. The van der Waals surface area contributed by atoms with Gasteiger partial charge in [-0.3, -0.25) is 14.9 Å². The topological polar surface area (TPSA) is 103 Å². The molecule has 8 nitrogen and oxygen atoms in total. The highest BCUT2D eigenvalue weighted by Crippen LogP contribution is 2.36. The first kappa shape index (κ1) is 22.1. The fourth-order valence-corrected chi connectivity index (χ4v) is 3.91. The summed E-state index contributed by atoms with van der Waals surface area (Å²) < 4.78 is 11.4. The smallest absolute Gasteiger partial charge is 0.269 e. The fraction of sp³-hybridized carbons (Fsp3) is 0.0833. The molecule has 9 heteroatoms. The molecule has 1 saturated heterocycles. The molecule has 0 aromatic heterocycles. The number of carbonyl (C=O) groups is 1. The van der Waals surface area contributed by atoms with Crippen LogP contribution in [-0.4, -0.2) is 23.1 Å². The van der Waals surface area contributed by atoms with Crippen LogP contribution in [0.3, 0.4) is 0 Å². The van der Waals surface area contributed by atoms with Crippen molar-refractivity contribution in [3.8, 4) is 11.5 Å². The molecule has 3 aromatic carbocycles. The second-order valence-electron chi connectivity index (χ2n) is 6.91. The third-order valence-corrected chi connectivity index (χ3v) is 5.59. The number of amides is 1. The van der Waals surface area contributed by atoms with Gasteiger partial charge >= 0.3 is 0 Å². The van der Waals surface area contributed by atoms with E-state index in [-0.39, 0.29) is 18.2 Å². The van der Waals surface area contributed by atoms with E-state index < -0.39 is 4.92 Å². The summed E-state index contributed by atoms with van der Waals surface area (Å²) in [5, 5.41) is 14.1. The number of methoxy groups -OCH3 is 1. The first-order valence-corrected chi connectivity index (χ1v) is 10.7. The fourth-order valence-electron chi connectivity index (χ4n) is 3.07. The van der Waals surface area contributed by atoms with E-state index in [9.17, 15) is 14.9 Å². The molecule has 166 valence electrons. The lowest BCUT2D eigenvalue weighted by Gasteiger charge is -2.13. The second kappa shape index (κ2) is 10.0. The van der Waals surface area contributed by atoms with Gasteiger partial charge in [-0.15, -0.1) is 0 Å². The summed E-state index contributed by atoms with van der Waals surface area (Å²) in [5.41, 5.74) is 2.18. The molecule has 4 rings (SSSR count). The molecule has 33 heavy (non-hydrogen) atoms. The number of nitrogens with one attached hydrogen (secondary N) is 1. The Morgan fingerprint density at radius 1 is 1.06 bits per heavy atom. The summed E-state index contributed by atoms with van der Waals surface area (Å²) in [6.07, 6.45) is 1.72. The van der Waals surface area contributed by atoms with Gasteiger partial charge in [0.25, 0.3) is 11.6 Å². The van der Waals surface area contributed by atoms with Crippen molar-refractivity contribution in [1.29, 1.82) is 0 Å². The summed E-state index contributed by atoms with van der Waals surface area (Å²) in [6.45, 7) is 0.175. The Balaban J connectivity index is 1.56. The molecule has 1 aliphatic rings. The number of hydrogen-bond donors (Lipinski definition) is 1.